The minimum atomic E-state index is -0.122. The van der Waals surface area contributed by atoms with Crippen LogP contribution in [0.2, 0.25) is 0 Å². The van der Waals surface area contributed by atoms with E-state index in [1.807, 2.05) is 26.1 Å². The second-order valence-electron chi connectivity index (χ2n) is 6.06. The van der Waals surface area contributed by atoms with Crippen LogP contribution < -0.4 is 10.2 Å². The third-order valence-corrected chi connectivity index (χ3v) is 4.47. The number of hydrogen-bond acceptors (Lipinski definition) is 4. The molecule has 1 aliphatic rings. The molecule has 1 aromatic carbocycles. The zero-order valence-electron chi connectivity index (χ0n) is 13.9. The summed E-state index contributed by atoms with van der Waals surface area (Å²) >= 11 is 0. The van der Waals surface area contributed by atoms with Crippen LogP contribution >= 0.6 is 0 Å². The number of benzene rings is 1. The van der Waals surface area contributed by atoms with Gasteiger partial charge in [0.2, 0.25) is 0 Å². The van der Waals surface area contributed by atoms with Crippen LogP contribution in [0.15, 0.2) is 30.5 Å². The molecule has 122 valence electrons. The van der Waals surface area contributed by atoms with Crippen LogP contribution in [0.1, 0.15) is 16.1 Å². The number of nitrogens with one attached hydrogen (secondary N) is 1. The van der Waals surface area contributed by atoms with Crippen molar-refractivity contribution in [3.8, 4) is 0 Å². The maximum atomic E-state index is 12.3. The van der Waals surface area contributed by atoms with Crippen LogP contribution in [0, 0.1) is 6.92 Å². The number of anilines is 2. The van der Waals surface area contributed by atoms with Gasteiger partial charge in [0.15, 0.2) is 0 Å². The molecule has 0 radical (unpaired) electrons. The topological polar surface area (TPSA) is 53.4 Å². The molecule has 1 amide bonds. The van der Waals surface area contributed by atoms with Crippen LogP contribution in [0.5, 0.6) is 0 Å². The fourth-order valence-corrected chi connectivity index (χ4v) is 2.74. The molecule has 1 saturated heterocycles. The molecular weight excluding hydrogens is 290 g/mol. The fourth-order valence-electron chi connectivity index (χ4n) is 2.74. The highest BCUT2D eigenvalue weighted by Crippen LogP contribution is 2.20. The number of aryl methyl sites for hydroxylation is 1. The lowest BCUT2D eigenvalue weighted by atomic mass is 10.2. The monoisotopic (exact) mass is 313 g/mol. The summed E-state index contributed by atoms with van der Waals surface area (Å²) in [5, 5.41) is 7.04. The molecule has 0 saturated carbocycles. The Balaban J connectivity index is 1.65. The smallest absolute Gasteiger partial charge is 0.259 e. The minimum absolute atomic E-state index is 0.122. The van der Waals surface area contributed by atoms with Gasteiger partial charge in [0.1, 0.15) is 0 Å². The average Bonchev–Trinajstić information content (AvgIpc) is 2.89. The molecule has 0 spiro atoms. The number of nitrogens with zero attached hydrogens (tertiary/aromatic N) is 4. The van der Waals surface area contributed by atoms with Crippen molar-refractivity contribution in [2.75, 3.05) is 43.4 Å². The summed E-state index contributed by atoms with van der Waals surface area (Å²) in [6.45, 7) is 6.13. The van der Waals surface area contributed by atoms with Gasteiger partial charge < -0.3 is 15.1 Å². The van der Waals surface area contributed by atoms with E-state index < -0.39 is 0 Å². The second kappa shape index (κ2) is 6.42. The summed E-state index contributed by atoms with van der Waals surface area (Å²) in [6.07, 6.45) is 1.60. The van der Waals surface area contributed by atoms with Gasteiger partial charge in [-0.1, -0.05) is 0 Å². The second-order valence-corrected chi connectivity index (χ2v) is 6.06. The van der Waals surface area contributed by atoms with E-state index in [4.69, 9.17) is 0 Å². The number of amides is 1. The quantitative estimate of drug-likeness (QED) is 0.938. The molecule has 0 atom stereocenters. The van der Waals surface area contributed by atoms with E-state index in [-0.39, 0.29) is 5.91 Å². The molecule has 0 unspecified atom stereocenters. The predicted octanol–water partition coefficient (Wildman–Crippen LogP) is 1.73. The number of hydrogen-bond donors (Lipinski definition) is 1. The summed E-state index contributed by atoms with van der Waals surface area (Å²) < 4.78 is 1.70. The number of aromatic nitrogens is 2. The molecule has 1 fully saturated rings. The molecule has 0 bridgehead atoms. The molecular formula is C17H23N5O. The fraction of sp³-hybridized carbons (Fsp3) is 0.412. The third kappa shape index (κ3) is 3.37. The van der Waals surface area contributed by atoms with Gasteiger partial charge in [-0.25, -0.2) is 0 Å². The van der Waals surface area contributed by atoms with E-state index >= 15 is 0 Å². The van der Waals surface area contributed by atoms with Gasteiger partial charge in [-0.05, 0) is 38.2 Å². The highest BCUT2D eigenvalue weighted by molar-refractivity contribution is 6.04. The Bertz CT molecular complexity index is 684. The molecule has 1 aromatic heterocycles. The summed E-state index contributed by atoms with van der Waals surface area (Å²) in [6, 6.07) is 8.04. The van der Waals surface area contributed by atoms with Gasteiger partial charge >= 0.3 is 0 Å². The first-order valence-corrected chi connectivity index (χ1v) is 7.88. The number of carbonyl (C=O) groups is 1. The maximum Gasteiger partial charge on any atom is 0.259 e. The normalized spacial score (nSPS) is 15.7. The van der Waals surface area contributed by atoms with Gasteiger partial charge in [-0.3, -0.25) is 9.48 Å². The Hall–Kier alpha value is -2.34. The molecule has 3 rings (SSSR count). The van der Waals surface area contributed by atoms with Crippen molar-refractivity contribution >= 4 is 17.3 Å². The van der Waals surface area contributed by atoms with Crippen LogP contribution in [0.3, 0.4) is 0 Å². The lowest BCUT2D eigenvalue weighted by Crippen LogP contribution is -2.44. The van der Waals surface area contributed by atoms with Gasteiger partial charge in [0.25, 0.3) is 5.91 Å². The largest absolute Gasteiger partial charge is 0.369 e. The summed E-state index contributed by atoms with van der Waals surface area (Å²) in [4.78, 5) is 17.0. The molecule has 6 heteroatoms. The molecule has 2 heterocycles. The predicted molar refractivity (Wildman–Crippen MR) is 92.1 cm³/mol. The first kappa shape index (κ1) is 15.6. The van der Waals surface area contributed by atoms with Crippen LogP contribution in [0.25, 0.3) is 0 Å². The lowest BCUT2D eigenvalue weighted by molar-refractivity contribution is 0.102. The van der Waals surface area contributed by atoms with Gasteiger partial charge in [-0.2, -0.15) is 5.10 Å². The van der Waals surface area contributed by atoms with E-state index in [0.717, 1.165) is 37.6 Å². The summed E-state index contributed by atoms with van der Waals surface area (Å²) in [5.41, 5.74) is 3.47. The molecule has 0 aliphatic carbocycles. The zero-order chi connectivity index (χ0) is 16.4. The van der Waals surface area contributed by atoms with E-state index in [2.05, 4.69) is 39.4 Å². The number of carbonyl (C=O) groups excluding carboxylic acids is 1. The first-order chi connectivity index (χ1) is 11.0. The van der Waals surface area contributed by atoms with E-state index in [1.165, 1.54) is 5.69 Å². The maximum absolute atomic E-state index is 12.3. The molecule has 1 N–H and O–H groups in total. The van der Waals surface area contributed by atoms with Crippen molar-refractivity contribution in [2.24, 2.45) is 7.05 Å². The van der Waals surface area contributed by atoms with Crippen LogP contribution in [-0.4, -0.2) is 53.8 Å². The Morgan fingerprint density at radius 3 is 2.30 bits per heavy atom. The van der Waals surface area contributed by atoms with Gasteiger partial charge in [-0.15, -0.1) is 0 Å². The van der Waals surface area contributed by atoms with Crippen LogP contribution in [-0.2, 0) is 7.05 Å². The van der Waals surface area contributed by atoms with Crippen molar-refractivity contribution in [2.45, 2.75) is 6.92 Å². The Morgan fingerprint density at radius 1 is 1.09 bits per heavy atom. The number of piperazine rings is 1. The highest BCUT2D eigenvalue weighted by atomic mass is 16.1. The summed E-state index contributed by atoms with van der Waals surface area (Å²) in [7, 11) is 3.98. The SMILES string of the molecule is Cc1c(C(=O)Nc2ccc(N3CCN(C)CC3)cc2)cnn1C. The van der Waals surface area contributed by atoms with Crippen molar-refractivity contribution in [1.29, 1.82) is 0 Å². The zero-order valence-corrected chi connectivity index (χ0v) is 13.9. The van der Waals surface area contributed by atoms with E-state index in [9.17, 15) is 4.79 Å². The first-order valence-electron chi connectivity index (χ1n) is 7.88. The van der Waals surface area contributed by atoms with Crippen molar-refractivity contribution in [1.82, 2.24) is 14.7 Å². The Morgan fingerprint density at radius 2 is 1.74 bits per heavy atom. The van der Waals surface area contributed by atoms with Gasteiger partial charge in [0.05, 0.1) is 11.8 Å². The van der Waals surface area contributed by atoms with Crippen molar-refractivity contribution in [3.63, 3.8) is 0 Å². The van der Waals surface area contributed by atoms with E-state index in [1.54, 1.807) is 10.9 Å². The van der Waals surface area contributed by atoms with E-state index in [0.29, 0.717) is 5.56 Å². The highest BCUT2D eigenvalue weighted by Gasteiger charge is 2.15. The minimum Gasteiger partial charge on any atom is -0.369 e. The lowest BCUT2D eigenvalue weighted by Gasteiger charge is -2.34. The number of likely N-dealkylation sites (N-methyl/N-ethyl adjacent to an activating group) is 1. The van der Waals surface area contributed by atoms with Crippen LogP contribution in [0.4, 0.5) is 11.4 Å². The summed E-state index contributed by atoms with van der Waals surface area (Å²) in [5.74, 6) is -0.122. The third-order valence-electron chi connectivity index (χ3n) is 4.47. The molecule has 6 nitrogen and oxygen atoms in total. The van der Waals surface area contributed by atoms with Crippen molar-refractivity contribution in [3.05, 3.63) is 41.7 Å². The Labute approximate surface area is 136 Å². The standard InChI is InChI=1S/C17H23N5O/c1-13-16(12-18-21(13)3)17(23)19-14-4-6-15(7-5-14)22-10-8-20(2)9-11-22/h4-7,12H,8-11H2,1-3H3,(H,19,23). The van der Waals surface area contributed by atoms with Crippen molar-refractivity contribution < 1.29 is 4.79 Å². The Kier molecular flexibility index (Phi) is 4.34. The van der Waals surface area contributed by atoms with Gasteiger partial charge in [0, 0.05) is 50.3 Å². The molecule has 23 heavy (non-hydrogen) atoms. The average molecular weight is 313 g/mol. The molecule has 2 aromatic rings. The molecule has 1 aliphatic heterocycles. The number of rotatable bonds is 3.